The highest BCUT2D eigenvalue weighted by Crippen LogP contribution is 2.39. The molecule has 0 aliphatic rings. The van der Waals surface area contributed by atoms with E-state index >= 15 is 0 Å². The molecule has 0 radical (unpaired) electrons. The predicted octanol–water partition coefficient (Wildman–Crippen LogP) is 4.81. The Hall–Kier alpha value is -3.26. The van der Waals surface area contributed by atoms with Gasteiger partial charge >= 0.3 is 0 Å². The van der Waals surface area contributed by atoms with Crippen LogP contribution >= 0.6 is 0 Å². The number of hydrogen-bond acceptors (Lipinski definition) is 5. The van der Waals surface area contributed by atoms with Crippen molar-refractivity contribution in [2.75, 3.05) is 25.6 Å². The number of methoxy groups -OCH3 is 3. The quantitative estimate of drug-likeness (QED) is 0.498. The lowest BCUT2D eigenvalue weighted by atomic mass is 10.1. The minimum Gasteiger partial charge on any atom is -0.497 e. The Balaban J connectivity index is 2.22. The molecule has 0 N–H and O–H groups in total. The van der Waals surface area contributed by atoms with Gasteiger partial charge in [-0.3, -0.25) is 4.31 Å². The normalized spacial score (nSPS) is 12.2. The minimum atomic E-state index is -4.07. The van der Waals surface area contributed by atoms with Gasteiger partial charge in [0.1, 0.15) is 23.1 Å². The van der Waals surface area contributed by atoms with Crippen molar-refractivity contribution in [1.29, 1.82) is 0 Å². The SMILES string of the molecule is COc1cccc(N(C(C)c2cc(OC)ccc2OC)S(=O)(=O)c2ccc(F)cc2)c1. The molecule has 0 saturated carbocycles. The van der Waals surface area contributed by atoms with Crippen LogP contribution < -0.4 is 18.5 Å². The van der Waals surface area contributed by atoms with Gasteiger partial charge in [0.2, 0.25) is 0 Å². The van der Waals surface area contributed by atoms with Gasteiger partial charge in [-0.15, -0.1) is 0 Å². The van der Waals surface area contributed by atoms with Crippen LogP contribution in [0, 0.1) is 5.82 Å². The van der Waals surface area contributed by atoms with Gasteiger partial charge in [0.05, 0.1) is 38.0 Å². The highest BCUT2D eigenvalue weighted by molar-refractivity contribution is 7.92. The van der Waals surface area contributed by atoms with Gasteiger partial charge in [0.15, 0.2) is 0 Å². The molecule has 31 heavy (non-hydrogen) atoms. The van der Waals surface area contributed by atoms with Crippen LogP contribution in [-0.2, 0) is 10.0 Å². The van der Waals surface area contributed by atoms with E-state index in [1.54, 1.807) is 49.4 Å². The van der Waals surface area contributed by atoms with Gasteiger partial charge < -0.3 is 14.2 Å². The maximum absolute atomic E-state index is 13.7. The van der Waals surface area contributed by atoms with E-state index in [4.69, 9.17) is 14.2 Å². The van der Waals surface area contributed by atoms with Crippen LogP contribution in [0.15, 0.2) is 71.6 Å². The van der Waals surface area contributed by atoms with E-state index < -0.39 is 21.9 Å². The molecule has 0 bridgehead atoms. The summed E-state index contributed by atoms with van der Waals surface area (Å²) in [5.41, 5.74) is 0.997. The highest BCUT2D eigenvalue weighted by Gasteiger charge is 2.32. The maximum atomic E-state index is 13.7. The van der Waals surface area contributed by atoms with Crippen molar-refractivity contribution in [2.45, 2.75) is 17.9 Å². The summed E-state index contributed by atoms with van der Waals surface area (Å²) < 4.78 is 58.2. The lowest BCUT2D eigenvalue weighted by molar-refractivity contribution is 0.396. The van der Waals surface area contributed by atoms with Crippen LogP contribution in [-0.4, -0.2) is 29.7 Å². The fourth-order valence-electron chi connectivity index (χ4n) is 3.33. The summed E-state index contributed by atoms with van der Waals surface area (Å²) >= 11 is 0. The number of hydrogen-bond donors (Lipinski definition) is 0. The molecule has 0 heterocycles. The molecule has 3 aromatic rings. The van der Waals surface area contributed by atoms with Crippen LogP contribution in [0.5, 0.6) is 17.2 Å². The van der Waals surface area contributed by atoms with Gasteiger partial charge in [-0.25, -0.2) is 12.8 Å². The van der Waals surface area contributed by atoms with Crippen LogP contribution in [0.3, 0.4) is 0 Å². The summed E-state index contributed by atoms with van der Waals surface area (Å²) in [7, 11) is 0.483. The van der Waals surface area contributed by atoms with Gasteiger partial charge in [-0.2, -0.15) is 0 Å². The third-order valence-electron chi connectivity index (χ3n) is 4.92. The molecule has 0 aliphatic heterocycles. The number of rotatable bonds is 8. The Morgan fingerprint density at radius 1 is 0.839 bits per heavy atom. The summed E-state index contributed by atoms with van der Waals surface area (Å²) in [6.45, 7) is 1.75. The fourth-order valence-corrected chi connectivity index (χ4v) is 4.96. The molecule has 0 amide bonds. The number of nitrogens with zero attached hydrogens (tertiary/aromatic N) is 1. The average molecular weight is 446 g/mol. The second-order valence-electron chi connectivity index (χ2n) is 6.74. The molecule has 0 saturated heterocycles. The molecule has 0 aliphatic carbocycles. The zero-order valence-corrected chi connectivity index (χ0v) is 18.5. The fraction of sp³-hybridized carbons (Fsp3) is 0.217. The molecule has 0 spiro atoms. The zero-order valence-electron chi connectivity index (χ0n) is 17.7. The molecular formula is C23H24FNO5S. The number of ether oxygens (including phenoxy) is 3. The summed E-state index contributed by atoms with van der Waals surface area (Å²) in [4.78, 5) is -0.0366. The average Bonchev–Trinajstić information content (AvgIpc) is 2.78. The monoisotopic (exact) mass is 445 g/mol. The molecule has 3 rings (SSSR count). The highest BCUT2D eigenvalue weighted by atomic mass is 32.2. The number of anilines is 1. The van der Waals surface area contributed by atoms with Gasteiger partial charge in [0, 0.05) is 11.6 Å². The first-order valence-corrected chi connectivity index (χ1v) is 10.9. The summed E-state index contributed by atoms with van der Waals surface area (Å²) in [6.07, 6.45) is 0. The van der Waals surface area contributed by atoms with E-state index in [1.807, 2.05) is 0 Å². The Labute approximate surface area is 181 Å². The number of sulfonamides is 1. The molecular weight excluding hydrogens is 421 g/mol. The van der Waals surface area contributed by atoms with E-state index in [-0.39, 0.29) is 4.90 Å². The zero-order chi connectivity index (χ0) is 22.6. The first-order chi connectivity index (χ1) is 14.8. The first-order valence-electron chi connectivity index (χ1n) is 9.47. The van der Waals surface area contributed by atoms with Crippen LogP contribution in [0.4, 0.5) is 10.1 Å². The topological polar surface area (TPSA) is 65.1 Å². The molecule has 1 atom stereocenters. The van der Waals surface area contributed by atoms with Crippen molar-refractivity contribution in [1.82, 2.24) is 0 Å². The third kappa shape index (κ3) is 4.59. The third-order valence-corrected chi connectivity index (χ3v) is 6.83. The van der Waals surface area contributed by atoms with E-state index in [1.165, 1.54) is 37.8 Å². The van der Waals surface area contributed by atoms with Crippen molar-refractivity contribution < 1.29 is 27.0 Å². The molecule has 0 fully saturated rings. The maximum Gasteiger partial charge on any atom is 0.264 e. The Morgan fingerprint density at radius 3 is 2.10 bits per heavy atom. The van der Waals surface area contributed by atoms with E-state index in [0.29, 0.717) is 28.5 Å². The Morgan fingerprint density at radius 2 is 1.48 bits per heavy atom. The summed E-state index contributed by atoms with van der Waals surface area (Å²) in [6, 6.07) is 16.0. The molecule has 1 unspecified atom stereocenters. The molecule has 164 valence electrons. The van der Waals surface area contributed by atoms with E-state index in [9.17, 15) is 12.8 Å². The lowest BCUT2D eigenvalue weighted by Crippen LogP contribution is -2.34. The number of benzene rings is 3. The molecule has 8 heteroatoms. The first kappa shape index (κ1) is 22.4. The molecule has 3 aromatic carbocycles. The van der Waals surface area contributed by atoms with Gasteiger partial charge in [-0.05, 0) is 61.5 Å². The van der Waals surface area contributed by atoms with E-state index in [2.05, 4.69) is 0 Å². The second-order valence-corrected chi connectivity index (χ2v) is 8.56. The van der Waals surface area contributed by atoms with Crippen molar-refractivity contribution in [3.8, 4) is 17.2 Å². The summed E-state index contributed by atoms with van der Waals surface area (Å²) in [5, 5.41) is 0. The smallest absolute Gasteiger partial charge is 0.264 e. The summed E-state index contributed by atoms with van der Waals surface area (Å²) in [5.74, 6) is 1.05. The predicted molar refractivity (Wildman–Crippen MR) is 117 cm³/mol. The van der Waals surface area contributed by atoms with Crippen molar-refractivity contribution in [3.63, 3.8) is 0 Å². The standard InChI is InChI=1S/C23H24FNO5S/c1-16(22-15-20(29-3)10-13-23(22)30-4)25(18-6-5-7-19(14-18)28-2)31(26,27)21-11-8-17(24)9-12-21/h5-16H,1-4H3. The molecule has 6 nitrogen and oxygen atoms in total. The van der Waals surface area contributed by atoms with Crippen LogP contribution in [0.1, 0.15) is 18.5 Å². The minimum absolute atomic E-state index is 0.0366. The number of halogens is 1. The van der Waals surface area contributed by atoms with E-state index in [0.717, 1.165) is 12.1 Å². The Bertz CT molecular complexity index is 1150. The molecule has 0 aromatic heterocycles. The largest absolute Gasteiger partial charge is 0.497 e. The van der Waals surface area contributed by atoms with Crippen LogP contribution in [0.25, 0.3) is 0 Å². The van der Waals surface area contributed by atoms with Gasteiger partial charge in [0.25, 0.3) is 10.0 Å². The Kier molecular flexibility index (Phi) is 6.70. The van der Waals surface area contributed by atoms with Crippen LogP contribution in [0.2, 0.25) is 0 Å². The van der Waals surface area contributed by atoms with Crippen molar-refractivity contribution in [2.24, 2.45) is 0 Å². The second kappa shape index (κ2) is 9.26. The van der Waals surface area contributed by atoms with Crippen molar-refractivity contribution in [3.05, 3.63) is 78.1 Å². The van der Waals surface area contributed by atoms with Crippen molar-refractivity contribution >= 4 is 15.7 Å². The lowest BCUT2D eigenvalue weighted by Gasteiger charge is -2.32. The van der Waals surface area contributed by atoms with Gasteiger partial charge in [-0.1, -0.05) is 6.07 Å².